The average molecular weight is 367 g/mol. The molecule has 4 heteroatoms. The largest absolute Gasteiger partial charge is 0.361 e. The minimum atomic E-state index is -0.381. The van der Waals surface area contributed by atoms with Crippen molar-refractivity contribution in [3.63, 3.8) is 0 Å². The standard InChI is InChI=1S/C24H21N3O/c25-24(28)27-13-12-17-8-4-5-9-19(17)23(27)21-15-26-22-11-10-18(14-20(21)22)16-6-2-1-3-7-16/h1-11,14-15,23,26H,12-13H2,(H2,25,28). The fraction of sp³-hybridized carbons (Fsp3) is 0.125. The number of primary amides is 1. The highest BCUT2D eigenvalue weighted by molar-refractivity contribution is 5.89. The highest BCUT2D eigenvalue weighted by atomic mass is 16.2. The number of amides is 2. The molecule has 0 saturated carbocycles. The molecule has 4 nitrogen and oxygen atoms in total. The van der Waals surface area contributed by atoms with E-state index in [-0.39, 0.29) is 12.1 Å². The van der Waals surface area contributed by atoms with Crippen LogP contribution in [0, 0.1) is 0 Å². The summed E-state index contributed by atoms with van der Waals surface area (Å²) in [5.74, 6) is 0. The number of aromatic amines is 1. The lowest BCUT2D eigenvalue weighted by Crippen LogP contribution is -2.43. The number of benzene rings is 3. The lowest BCUT2D eigenvalue weighted by molar-refractivity contribution is 0.190. The number of fused-ring (bicyclic) bond motifs is 2. The van der Waals surface area contributed by atoms with Crippen LogP contribution in [0.4, 0.5) is 4.79 Å². The molecule has 138 valence electrons. The van der Waals surface area contributed by atoms with Crippen LogP contribution in [0.3, 0.4) is 0 Å². The summed E-state index contributed by atoms with van der Waals surface area (Å²) in [5, 5.41) is 1.12. The minimum absolute atomic E-state index is 0.178. The van der Waals surface area contributed by atoms with Gasteiger partial charge in [-0.3, -0.25) is 0 Å². The van der Waals surface area contributed by atoms with Crippen LogP contribution < -0.4 is 5.73 Å². The van der Waals surface area contributed by atoms with E-state index in [1.54, 1.807) is 4.90 Å². The van der Waals surface area contributed by atoms with Gasteiger partial charge in [0.25, 0.3) is 0 Å². The van der Waals surface area contributed by atoms with Crippen molar-refractivity contribution in [2.45, 2.75) is 12.5 Å². The number of rotatable bonds is 2. The number of nitrogens with one attached hydrogen (secondary N) is 1. The van der Waals surface area contributed by atoms with Crippen molar-refractivity contribution >= 4 is 16.9 Å². The molecule has 3 N–H and O–H groups in total. The van der Waals surface area contributed by atoms with Crippen molar-refractivity contribution in [1.82, 2.24) is 9.88 Å². The summed E-state index contributed by atoms with van der Waals surface area (Å²) in [6.07, 6.45) is 2.84. The third-order valence-corrected chi connectivity index (χ3v) is 5.68. The van der Waals surface area contributed by atoms with Gasteiger partial charge < -0.3 is 15.6 Å². The van der Waals surface area contributed by atoms with Crippen LogP contribution in [0.2, 0.25) is 0 Å². The molecule has 5 rings (SSSR count). The molecule has 1 unspecified atom stereocenters. The predicted molar refractivity (Wildman–Crippen MR) is 112 cm³/mol. The van der Waals surface area contributed by atoms with Gasteiger partial charge in [0.2, 0.25) is 0 Å². The van der Waals surface area contributed by atoms with Gasteiger partial charge in [-0.15, -0.1) is 0 Å². The first kappa shape index (κ1) is 16.6. The Bertz CT molecular complexity index is 1160. The molecular formula is C24H21N3O. The number of carbonyl (C=O) groups excluding carboxylic acids is 1. The molecule has 0 aliphatic carbocycles. The monoisotopic (exact) mass is 367 g/mol. The predicted octanol–water partition coefficient (Wildman–Crippen LogP) is 4.86. The van der Waals surface area contributed by atoms with Crippen LogP contribution in [0.25, 0.3) is 22.0 Å². The summed E-state index contributed by atoms with van der Waals surface area (Å²) >= 11 is 0. The lowest BCUT2D eigenvalue weighted by Gasteiger charge is -2.36. The topological polar surface area (TPSA) is 62.1 Å². The molecule has 0 radical (unpaired) electrons. The van der Waals surface area contributed by atoms with Crippen molar-refractivity contribution < 1.29 is 4.79 Å². The molecule has 28 heavy (non-hydrogen) atoms. The van der Waals surface area contributed by atoms with Gasteiger partial charge in [-0.1, -0.05) is 60.7 Å². The van der Waals surface area contributed by atoms with Gasteiger partial charge in [0.1, 0.15) is 0 Å². The number of urea groups is 1. The number of aromatic nitrogens is 1. The van der Waals surface area contributed by atoms with Gasteiger partial charge in [-0.25, -0.2) is 4.79 Å². The highest BCUT2D eigenvalue weighted by Gasteiger charge is 2.32. The van der Waals surface area contributed by atoms with Crippen LogP contribution in [-0.2, 0) is 6.42 Å². The van der Waals surface area contributed by atoms with Gasteiger partial charge in [-0.2, -0.15) is 0 Å². The first-order valence-electron chi connectivity index (χ1n) is 9.53. The van der Waals surface area contributed by atoms with Crippen molar-refractivity contribution in [2.24, 2.45) is 5.73 Å². The van der Waals surface area contributed by atoms with E-state index < -0.39 is 0 Å². The van der Waals surface area contributed by atoms with E-state index in [4.69, 9.17) is 5.73 Å². The molecule has 1 aromatic heterocycles. The molecule has 1 atom stereocenters. The van der Waals surface area contributed by atoms with Gasteiger partial charge in [0.05, 0.1) is 6.04 Å². The number of hydrogen-bond donors (Lipinski definition) is 2. The Labute approximate surface area is 163 Å². The van der Waals surface area contributed by atoms with Gasteiger partial charge in [-0.05, 0) is 40.8 Å². The number of hydrogen-bond acceptors (Lipinski definition) is 1. The van der Waals surface area contributed by atoms with Crippen molar-refractivity contribution in [3.8, 4) is 11.1 Å². The zero-order valence-electron chi connectivity index (χ0n) is 15.4. The van der Waals surface area contributed by atoms with Gasteiger partial charge in [0, 0.05) is 29.2 Å². The fourth-order valence-corrected chi connectivity index (χ4v) is 4.32. The lowest BCUT2D eigenvalue weighted by atomic mass is 9.88. The molecular weight excluding hydrogens is 346 g/mol. The number of carbonyl (C=O) groups is 1. The van der Waals surface area contributed by atoms with Crippen LogP contribution in [0.5, 0.6) is 0 Å². The second-order valence-electron chi connectivity index (χ2n) is 7.25. The summed E-state index contributed by atoms with van der Waals surface area (Å²) < 4.78 is 0. The molecule has 4 aromatic rings. The third-order valence-electron chi connectivity index (χ3n) is 5.68. The molecule has 3 aromatic carbocycles. The van der Waals surface area contributed by atoms with E-state index in [0.29, 0.717) is 6.54 Å². The maximum atomic E-state index is 12.2. The summed E-state index contributed by atoms with van der Waals surface area (Å²) in [6, 6.07) is 24.5. The highest BCUT2D eigenvalue weighted by Crippen LogP contribution is 2.39. The number of H-pyrrole nitrogens is 1. The molecule has 1 aliphatic heterocycles. The van der Waals surface area contributed by atoms with Crippen LogP contribution >= 0.6 is 0 Å². The number of nitrogens with zero attached hydrogens (tertiary/aromatic N) is 1. The van der Waals surface area contributed by atoms with E-state index in [0.717, 1.165) is 34.0 Å². The minimum Gasteiger partial charge on any atom is -0.361 e. The summed E-state index contributed by atoms with van der Waals surface area (Å²) in [6.45, 7) is 0.627. The van der Waals surface area contributed by atoms with E-state index in [9.17, 15) is 4.79 Å². The zero-order valence-corrected chi connectivity index (χ0v) is 15.4. The van der Waals surface area contributed by atoms with Gasteiger partial charge in [0.15, 0.2) is 0 Å². The molecule has 0 saturated heterocycles. The Morgan fingerprint density at radius 1 is 0.929 bits per heavy atom. The van der Waals surface area contributed by atoms with E-state index in [1.165, 1.54) is 11.1 Å². The maximum absolute atomic E-state index is 12.2. The van der Waals surface area contributed by atoms with E-state index in [2.05, 4.69) is 53.5 Å². The van der Waals surface area contributed by atoms with Gasteiger partial charge >= 0.3 is 6.03 Å². The average Bonchev–Trinajstić information content (AvgIpc) is 3.16. The van der Waals surface area contributed by atoms with Crippen molar-refractivity contribution in [1.29, 1.82) is 0 Å². The Hall–Kier alpha value is -3.53. The summed E-state index contributed by atoms with van der Waals surface area (Å²) in [5.41, 5.74) is 12.7. The fourth-order valence-electron chi connectivity index (χ4n) is 4.32. The smallest absolute Gasteiger partial charge is 0.315 e. The Morgan fingerprint density at radius 2 is 1.71 bits per heavy atom. The molecule has 0 bridgehead atoms. The van der Waals surface area contributed by atoms with E-state index in [1.807, 2.05) is 30.5 Å². The third kappa shape index (κ3) is 2.65. The first-order chi connectivity index (χ1) is 13.7. The SMILES string of the molecule is NC(=O)N1CCc2ccccc2C1c1c[nH]c2ccc(-c3ccccc3)cc12. The Morgan fingerprint density at radius 3 is 2.54 bits per heavy atom. The summed E-state index contributed by atoms with van der Waals surface area (Å²) in [7, 11) is 0. The Balaban J connectivity index is 1.70. The quantitative estimate of drug-likeness (QED) is 0.522. The molecule has 0 fully saturated rings. The van der Waals surface area contributed by atoms with Crippen LogP contribution in [0.15, 0.2) is 79.0 Å². The first-order valence-corrected chi connectivity index (χ1v) is 9.53. The second-order valence-corrected chi connectivity index (χ2v) is 7.25. The molecule has 2 heterocycles. The van der Waals surface area contributed by atoms with Crippen LogP contribution in [0.1, 0.15) is 22.7 Å². The van der Waals surface area contributed by atoms with Crippen molar-refractivity contribution in [3.05, 3.63) is 95.7 Å². The second kappa shape index (κ2) is 6.57. The Kier molecular flexibility index (Phi) is 3.90. The number of nitrogens with two attached hydrogens (primary N) is 1. The molecule has 2 amide bonds. The normalized spacial score (nSPS) is 16.1. The zero-order chi connectivity index (χ0) is 19.1. The van der Waals surface area contributed by atoms with Crippen LogP contribution in [-0.4, -0.2) is 22.5 Å². The maximum Gasteiger partial charge on any atom is 0.315 e. The summed E-state index contributed by atoms with van der Waals surface area (Å²) in [4.78, 5) is 17.4. The molecule has 1 aliphatic rings. The van der Waals surface area contributed by atoms with E-state index >= 15 is 0 Å². The van der Waals surface area contributed by atoms with Crippen molar-refractivity contribution in [2.75, 3.05) is 6.54 Å². The molecule has 0 spiro atoms.